The van der Waals surface area contributed by atoms with Crippen molar-refractivity contribution in [1.82, 2.24) is 40.1 Å². The molecule has 3 N–H and O–H groups in total. The summed E-state index contributed by atoms with van der Waals surface area (Å²) < 4.78 is 116. The number of fused-ring (bicyclic) bond motifs is 5. The molecular weight excluding hydrogens is 752 g/mol. The molecule has 0 saturated heterocycles. The lowest BCUT2D eigenvalue weighted by Crippen LogP contribution is -2.35. The molecular formula is C33H26ClF6N9O3S. The second-order valence-electron chi connectivity index (χ2n) is 13.2. The molecule has 12 nitrogen and oxygen atoms in total. The zero-order valence-corrected chi connectivity index (χ0v) is 29.0. The highest BCUT2D eigenvalue weighted by Crippen LogP contribution is 2.68. The van der Waals surface area contributed by atoms with E-state index in [0.29, 0.717) is 32.8 Å². The van der Waals surface area contributed by atoms with Crippen LogP contribution in [0.3, 0.4) is 0 Å². The smallest absolute Gasteiger partial charge is 0.293 e. The number of benzene rings is 2. The van der Waals surface area contributed by atoms with Gasteiger partial charge in [-0.05, 0) is 48.6 Å². The number of nitrogens with one attached hydrogen (secondary N) is 3. The number of nitrogens with zero attached hydrogens (tertiary/aromatic N) is 6. The number of aromatic nitrogens is 7. The van der Waals surface area contributed by atoms with E-state index in [1.807, 2.05) is 0 Å². The topological polar surface area (TPSA) is 152 Å². The van der Waals surface area contributed by atoms with E-state index in [9.17, 15) is 30.8 Å². The van der Waals surface area contributed by atoms with Crippen LogP contribution in [0.25, 0.3) is 33.1 Å². The summed E-state index contributed by atoms with van der Waals surface area (Å²) in [6, 6.07) is 6.27. The number of H-pyrrole nitrogens is 1. The van der Waals surface area contributed by atoms with Crippen LogP contribution < -0.4 is 10.0 Å². The van der Waals surface area contributed by atoms with Crippen LogP contribution >= 0.6 is 11.6 Å². The quantitative estimate of drug-likeness (QED) is 0.139. The zero-order chi connectivity index (χ0) is 37.7. The Morgan fingerprint density at radius 1 is 1.09 bits per heavy atom. The fourth-order valence-corrected chi connectivity index (χ4v) is 8.09. The van der Waals surface area contributed by atoms with Gasteiger partial charge in [0, 0.05) is 41.1 Å². The molecule has 276 valence electrons. The van der Waals surface area contributed by atoms with Crippen molar-refractivity contribution in [3.05, 3.63) is 87.5 Å². The Morgan fingerprint density at radius 3 is 2.53 bits per heavy atom. The van der Waals surface area contributed by atoms with Gasteiger partial charge < -0.3 is 5.32 Å². The lowest BCUT2D eigenvalue weighted by Gasteiger charge is -2.23. The van der Waals surface area contributed by atoms with Crippen LogP contribution in [0.4, 0.5) is 32.2 Å². The van der Waals surface area contributed by atoms with Crippen molar-refractivity contribution in [1.29, 1.82) is 0 Å². The summed E-state index contributed by atoms with van der Waals surface area (Å²) in [7, 11) is -2.26. The molecule has 0 radical (unpaired) electrons. The normalized spacial score (nSPS) is 18.1. The number of amides is 1. The van der Waals surface area contributed by atoms with Crippen LogP contribution in [0.15, 0.2) is 42.6 Å². The molecule has 2 aliphatic carbocycles. The van der Waals surface area contributed by atoms with Crippen molar-refractivity contribution in [3.8, 4) is 11.1 Å². The standard InChI is InChI=1S/C33H26ClF6N9O3S/c1-48-28-17(3-4-21(34)25(28)32(46-48)47-53(2,51)52)18-8-14-11-41-44-31(14)43-26(18)22(7-13-5-15(35)9-16(36)6-13)42-23(50)12-49-29-24(27(45-49)30(37)38)19-10-20(19)33(29,39)40/h3-6,8-9,11,19-20,22,30H,7,10,12H2,1-2H3,(H,42,50)(H,46,47)(H,41,43,44)/t19-,20+,22-/m0/s1. The highest BCUT2D eigenvalue weighted by atomic mass is 35.5. The van der Waals surface area contributed by atoms with Gasteiger partial charge in [0.05, 0.1) is 40.1 Å². The molecule has 3 atom stereocenters. The molecule has 1 amide bonds. The summed E-state index contributed by atoms with van der Waals surface area (Å²) in [6.07, 6.45) is -0.985. The van der Waals surface area contributed by atoms with Crippen LogP contribution in [0.2, 0.25) is 5.02 Å². The van der Waals surface area contributed by atoms with Crippen LogP contribution in [-0.4, -0.2) is 55.3 Å². The van der Waals surface area contributed by atoms with Gasteiger partial charge in [-0.3, -0.25) is 24.0 Å². The first-order chi connectivity index (χ1) is 25.0. The molecule has 0 aliphatic heterocycles. The molecule has 8 rings (SSSR count). The molecule has 20 heteroatoms. The van der Waals surface area contributed by atoms with Crippen LogP contribution in [0.1, 0.15) is 53.0 Å². The Labute approximate surface area is 300 Å². The summed E-state index contributed by atoms with van der Waals surface area (Å²) in [5.41, 5.74) is -0.293. The van der Waals surface area contributed by atoms with Crippen molar-refractivity contribution in [2.75, 3.05) is 11.0 Å². The Hall–Kier alpha value is -5.17. The number of hydrogen-bond donors (Lipinski definition) is 3. The van der Waals surface area contributed by atoms with Crippen LogP contribution in [0, 0.1) is 17.6 Å². The van der Waals surface area contributed by atoms with Gasteiger partial charge >= 0.3 is 0 Å². The van der Waals surface area contributed by atoms with Gasteiger partial charge in [-0.2, -0.15) is 24.1 Å². The van der Waals surface area contributed by atoms with Crippen molar-refractivity contribution >= 4 is 55.3 Å². The predicted octanol–water partition coefficient (Wildman–Crippen LogP) is 6.26. The third-order valence-corrected chi connectivity index (χ3v) is 10.3. The number of rotatable bonds is 10. The van der Waals surface area contributed by atoms with E-state index in [4.69, 9.17) is 16.6 Å². The molecule has 1 fully saturated rings. The maximum Gasteiger partial charge on any atom is 0.293 e. The minimum Gasteiger partial charge on any atom is -0.346 e. The van der Waals surface area contributed by atoms with Gasteiger partial charge in [-0.15, -0.1) is 0 Å². The number of aromatic amines is 1. The zero-order valence-electron chi connectivity index (χ0n) is 27.4. The number of carbonyl (C=O) groups excluding carboxylic acids is 1. The molecule has 4 heterocycles. The molecule has 6 aromatic rings. The number of carbonyl (C=O) groups is 1. The summed E-state index contributed by atoms with van der Waals surface area (Å²) in [5.74, 6) is -8.23. The summed E-state index contributed by atoms with van der Waals surface area (Å²) in [4.78, 5) is 18.5. The molecule has 0 unspecified atom stereocenters. The molecule has 2 aliphatic rings. The van der Waals surface area contributed by atoms with E-state index in [2.05, 4.69) is 30.4 Å². The minimum atomic E-state index is -3.80. The van der Waals surface area contributed by atoms with Crippen molar-refractivity contribution < 1.29 is 39.6 Å². The average Bonchev–Trinajstić information content (AvgIpc) is 3.28. The van der Waals surface area contributed by atoms with Crippen LogP contribution in [0.5, 0.6) is 0 Å². The number of hydrogen-bond acceptors (Lipinski definition) is 7. The third-order valence-electron chi connectivity index (χ3n) is 9.45. The van der Waals surface area contributed by atoms with Gasteiger partial charge in [0.1, 0.15) is 29.6 Å². The first-order valence-electron chi connectivity index (χ1n) is 16.0. The monoisotopic (exact) mass is 777 g/mol. The second kappa shape index (κ2) is 12.2. The van der Waals surface area contributed by atoms with E-state index in [0.717, 1.165) is 18.4 Å². The van der Waals surface area contributed by atoms with Gasteiger partial charge in [-0.1, -0.05) is 17.7 Å². The second-order valence-corrected chi connectivity index (χ2v) is 15.3. The molecule has 0 bridgehead atoms. The number of halogens is 7. The molecule has 4 aromatic heterocycles. The van der Waals surface area contributed by atoms with E-state index < -0.39 is 75.7 Å². The van der Waals surface area contributed by atoms with Crippen molar-refractivity contribution in [3.63, 3.8) is 0 Å². The van der Waals surface area contributed by atoms with Gasteiger partial charge in [-0.25, -0.2) is 31.0 Å². The number of aryl methyl sites for hydroxylation is 1. The lowest BCUT2D eigenvalue weighted by atomic mass is 9.93. The average molecular weight is 778 g/mol. The maximum absolute atomic E-state index is 15.3. The number of sulfonamides is 1. The highest BCUT2D eigenvalue weighted by Gasteiger charge is 2.67. The van der Waals surface area contributed by atoms with Crippen molar-refractivity contribution in [2.24, 2.45) is 13.0 Å². The third kappa shape index (κ3) is 6.04. The largest absolute Gasteiger partial charge is 0.346 e. The van der Waals surface area contributed by atoms with Crippen molar-refractivity contribution in [2.45, 2.75) is 43.7 Å². The Bertz CT molecular complexity index is 2590. The van der Waals surface area contributed by atoms with E-state index in [1.54, 1.807) is 19.2 Å². The first-order valence-corrected chi connectivity index (χ1v) is 18.3. The number of alkyl halides is 4. The molecule has 1 saturated carbocycles. The Kier molecular flexibility index (Phi) is 8.02. The van der Waals surface area contributed by atoms with Gasteiger partial charge in [0.2, 0.25) is 15.9 Å². The van der Waals surface area contributed by atoms with Crippen LogP contribution in [-0.2, 0) is 40.8 Å². The number of pyridine rings is 1. The van der Waals surface area contributed by atoms with Gasteiger partial charge in [0.25, 0.3) is 12.3 Å². The number of anilines is 1. The van der Waals surface area contributed by atoms with E-state index in [1.165, 1.54) is 16.9 Å². The SMILES string of the molecule is Cn1nc(NS(C)(=O)=O)c2c(Cl)ccc(-c3cc4cn[nH]c4nc3[C@H](Cc3cc(F)cc(F)c3)NC(=O)Cn3nc(C(F)F)c4c3C(F)(F)[C@@H]3C[C@H]43)c21. The molecule has 53 heavy (non-hydrogen) atoms. The van der Waals surface area contributed by atoms with E-state index >= 15 is 8.78 Å². The fraction of sp³-hybridized carbons (Fsp3) is 0.303. The summed E-state index contributed by atoms with van der Waals surface area (Å²) in [6.45, 7) is -0.882. The van der Waals surface area contributed by atoms with Gasteiger partial charge in [0.15, 0.2) is 11.5 Å². The Morgan fingerprint density at radius 2 is 1.83 bits per heavy atom. The lowest BCUT2D eigenvalue weighted by molar-refractivity contribution is -0.123. The Balaban J connectivity index is 1.26. The molecule has 2 aromatic carbocycles. The fourth-order valence-electron chi connectivity index (χ4n) is 7.35. The maximum atomic E-state index is 15.3. The van der Waals surface area contributed by atoms with E-state index in [-0.39, 0.29) is 51.5 Å². The summed E-state index contributed by atoms with van der Waals surface area (Å²) in [5, 5.41) is 18.4. The highest BCUT2D eigenvalue weighted by molar-refractivity contribution is 7.92. The first kappa shape index (κ1) is 34.9. The minimum absolute atomic E-state index is 0.0366. The predicted molar refractivity (Wildman–Crippen MR) is 180 cm³/mol. The summed E-state index contributed by atoms with van der Waals surface area (Å²) >= 11 is 6.56. The molecule has 0 spiro atoms.